The van der Waals surface area contributed by atoms with Gasteiger partial charge in [0.05, 0.1) is 45.8 Å². The predicted molar refractivity (Wildman–Crippen MR) is 317 cm³/mol. The fourth-order valence-electron chi connectivity index (χ4n) is 10.7. The van der Waals surface area contributed by atoms with Gasteiger partial charge in [-0.15, -0.1) is 0 Å². The maximum absolute atomic E-state index is 5.12. The van der Waals surface area contributed by atoms with E-state index in [1.54, 1.807) is 24.8 Å². The zero-order valence-corrected chi connectivity index (χ0v) is 42.7. The van der Waals surface area contributed by atoms with Gasteiger partial charge in [0.1, 0.15) is 21.7 Å². The third-order valence-corrected chi connectivity index (χ3v) is 14.7. The minimum Gasteiger partial charge on any atom is -0.339 e. The number of nitrogens with one attached hydrogen (secondary N) is 1. The molecule has 0 saturated heterocycles. The molecule has 0 saturated carbocycles. The first-order valence-electron chi connectivity index (χ1n) is 25.3. The highest BCUT2D eigenvalue weighted by Gasteiger charge is 2.21. The number of para-hydroxylation sites is 2. The second kappa shape index (κ2) is 19.3. The standard InChI is InChI=1S/C33H21N5.C23H15N3.C10H7BrN2/c1-2-8-24(9-3-1)37-20-17-26-29(37)21-35-33-31(26)27-14-13-22-7-4-5-10-25(22)32(27)38(33)30-12-6-11-28(36-30)23-15-18-34-19-16-23;1-2-7-16(8-3-1)26-13-12-18-20(26)14-24-23-21(18)19-11-10-15-6-4-5-9-17(15)22(19)25-23;11-10-3-1-2-9(13-10)8-4-6-12-7-5-8/h1-21H;1-14H,(H,24,25);1-7H. The lowest BCUT2D eigenvalue weighted by Gasteiger charge is -2.10. The van der Waals surface area contributed by atoms with Crippen LogP contribution in [0, 0.1) is 0 Å². The van der Waals surface area contributed by atoms with Crippen molar-refractivity contribution in [3.63, 3.8) is 0 Å². The highest BCUT2D eigenvalue weighted by atomic mass is 79.9. The van der Waals surface area contributed by atoms with Crippen molar-refractivity contribution in [2.45, 2.75) is 0 Å². The summed E-state index contributed by atoms with van der Waals surface area (Å²) in [5.74, 6) is 0.838. The van der Waals surface area contributed by atoms with Gasteiger partial charge in [0.15, 0.2) is 0 Å². The molecule has 0 spiro atoms. The average molecular weight is 1060 g/mol. The molecule has 0 amide bonds. The summed E-state index contributed by atoms with van der Waals surface area (Å²) in [5, 5.41) is 11.9. The van der Waals surface area contributed by atoms with Crippen molar-refractivity contribution in [3.05, 3.63) is 260 Å². The van der Waals surface area contributed by atoms with Crippen molar-refractivity contribution in [2.75, 3.05) is 0 Å². The van der Waals surface area contributed by atoms with Gasteiger partial charge in [0.2, 0.25) is 0 Å². The molecule has 77 heavy (non-hydrogen) atoms. The lowest BCUT2D eigenvalue weighted by molar-refractivity contribution is 1.06. The number of nitrogens with zero attached hydrogens (tertiary/aromatic N) is 9. The first-order valence-corrected chi connectivity index (χ1v) is 26.0. The smallest absolute Gasteiger partial charge is 0.147 e. The van der Waals surface area contributed by atoms with Crippen molar-refractivity contribution in [2.24, 2.45) is 0 Å². The number of halogens is 1. The molecule has 0 bridgehead atoms. The molecule has 0 atom stereocenters. The normalized spacial score (nSPS) is 11.4. The SMILES string of the molecule is Brc1cccc(-c2ccncc2)n1.c1ccc(-n2ccc3c4c(ncc32)[nH]c2c3ccccc3ccc24)cc1.c1ccc(-n2ccc3c4c5ccc6ccccc6c5n(-c5cccc(-c6ccncc6)n5)c4ncc32)cc1. The van der Waals surface area contributed by atoms with Gasteiger partial charge < -0.3 is 14.1 Å². The largest absolute Gasteiger partial charge is 0.339 e. The van der Waals surface area contributed by atoms with Crippen LogP contribution in [0.2, 0.25) is 0 Å². The molecule has 10 heterocycles. The summed E-state index contributed by atoms with van der Waals surface area (Å²) in [5.41, 5.74) is 12.5. The Hall–Kier alpha value is -10.1. The molecule has 0 fully saturated rings. The number of hydrogen-bond acceptors (Lipinski definition) is 6. The minimum absolute atomic E-state index is 0.838. The van der Waals surface area contributed by atoms with Gasteiger partial charge in [-0.2, -0.15) is 0 Å². The maximum atomic E-state index is 5.12. The van der Waals surface area contributed by atoms with E-state index in [1.165, 1.54) is 48.5 Å². The predicted octanol–water partition coefficient (Wildman–Crippen LogP) is 16.5. The second-order valence-electron chi connectivity index (χ2n) is 18.6. The van der Waals surface area contributed by atoms with Crippen LogP contribution in [0.15, 0.2) is 260 Å². The topological polar surface area (TPSA) is 108 Å². The van der Waals surface area contributed by atoms with E-state index >= 15 is 0 Å². The molecule has 1 N–H and O–H groups in total. The van der Waals surface area contributed by atoms with Crippen LogP contribution < -0.4 is 0 Å². The van der Waals surface area contributed by atoms with Crippen LogP contribution in [-0.2, 0) is 0 Å². The van der Waals surface area contributed by atoms with E-state index < -0.39 is 0 Å². The zero-order chi connectivity index (χ0) is 51.2. The van der Waals surface area contributed by atoms with Crippen LogP contribution in [0.3, 0.4) is 0 Å². The first-order chi connectivity index (χ1) is 38.1. The lowest BCUT2D eigenvalue weighted by atomic mass is 10.1. The molecule has 0 aliphatic carbocycles. The molecule has 0 radical (unpaired) electrons. The molecule has 364 valence electrons. The Morgan fingerprint density at radius 2 is 0.948 bits per heavy atom. The van der Waals surface area contributed by atoms with E-state index in [2.05, 4.69) is 208 Å². The van der Waals surface area contributed by atoms with E-state index in [1.807, 2.05) is 73.1 Å². The summed E-state index contributed by atoms with van der Waals surface area (Å²) >= 11 is 3.33. The number of aromatic amines is 1. The van der Waals surface area contributed by atoms with Crippen molar-refractivity contribution >= 4 is 103 Å². The number of pyridine rings is 6. The lowest BCUT2D eigenvalue weighted by Crippen LogP contribution is -2.00. The van der Waals surface area contributed by atoms with Crippen LogP contribution in [0.4, 0.5) is 0 Å². The maximum Gasteiger partial charge on any atom is 0.147 e. The van der Waals surface area contributed by atoms with E-state index in [9.17, 15) is 0 Å². The van der Waals surface area contributed by atoms with Gasteiger partial charge in [0, 0.05) is 103 Å². The average Bonchev–Trinajstić information content (AvgIpc) is 4.37. The molecule has 6 aromatic carbocycles. The van der Waals surface area contributed by atoms with Crippen molar-refractivity contribution < 1.29 is 0 Å². The summed E-state index contributed by atoms with van der Waals surface area (Å²) in [6.45, 7) is 0. The number of aromatic nitrogens is 10. The number of fused-ring (bicyclic) bond motifs is 14. The molecule has 16 aromatic rings. The fourth-order valence-corrected chi connectivity index (χ4v) is 11.1. The van der Waals surface area contributed by atoms with Gasteiger partial charge in [-0.25, -0.2) is 19.9 Å². The van der Waals surface area contributed by atoms with E-state index in [0.717, 1.165) is 83.1 Å². The molecule has 0 aliphatic rings. The Morgan fingerprint density at radius 3 is 1.60 bits per heavy atom. The Balaban J connectivity index is 0.000000119. The zero-order valence-electron chi connectivity index (χ0n) is 41.2. The minimum atomic E-state index is 0.838. The van der Waals surface area contributed by atoms with Crippen molar-refractivity contribution in [3.8, 4) is 39.7 Å². The number of H-pyrrole nitrogens is 1. The monoisotopic (exact) mass is 1050 g/mol. The molecule has 10 nitrogen and oxygen atoms in total. The summed E-state index contributed by atoms with van der Waals surface area (Å²) in [6.07, 6.45) is 15.3. The van der Waals surface area contributed by atoms with E-state index in [-0.39, 0.29) is 0 Å². The number of benzene rings is 6. The molecule has 10 aromatic heterocycles. The molecule has 11 heteroatoms. The number of hydrogen-bond donors (Lipinski definition) is 1. The van der Waals surface area contributed by atoms with Crippen LogP contribution in [0.25, 0.3) is 127 Å². The number of rotatable bonds is 5. The van der Waals surface area contributed by atoms with Gasteiger partial charge in [-0.05, 0) is 112 Å². The summed E-state index contributed by atoms with van der Waals surface area (Å²) < 4.78 is 7.47. The van der Waals surface area contributed by atoms with Gasteiger partial charge in [-0.1, -0.05) is 121 Å². The molecular formula is C66H43BrN10. The van der Waals surface area contributed by atoms with Crippen molar-refractivity contribution in [1.29, 1.82) is 0 Å². The van der Waals surface area contributed by atoms with Gasteiger partial charge >= 0.3 is 0 Å². The van der Waals surface area contributed by atoms with E-state index in [0.29, 0.717) is 0 Å². The fraction of sp³-hybridized carbons (Fsp3) is 0. The Morgan fingerprint density at radius 1 is 0.403 bits per heavy atom. The quantitative estimate of drug-likeness (QED) is 0.172. The summed E-state index contributed by atoms with van der Waals surface area (Å²) in [4.78, 5) is 30.9. The molecular weight excluding hydrogens is 1010 g/mol. The summed E-state index contributed by atoms with van der Waals surface area (Å²) in [7, 11) is 0. The Labute approximate surface area is 449 Å². The molecule has 16 rings (SSSR count). The third-order valence-electron chi connectivity index (χ3n) is 14.2. The van der Waals surface area contributed by atoms with E-state index in [4.69, 9.17) is 15.0 Å². The third kappa shape index (κ3) is 8.13. The van der Waals surface area contributed by atoms with Crippen LogP contribution >= 0.6 is 15.9 Å². The summed E-state index contributed by atoms with van der Waals surface area (Å²) in [6, 6.07) is 70.9. The van der Waals surface area contributed by atoms with Gasteiger partial charge in [0.25, 0.3) is 0 Å². The van der Waals surface area contributed by atoms with Crippen LogP contribution in [0.5, 0.6) is 0 Å². The highest BCUT2D eigenvalue weighted by Crippen LogP contribution is 2.40. The highest BCUT2D eigenvalue weighted by molar-refractivity contribution is 9.10. The molecule has 0 aliphatic heterocycles. The molecule has 0 unspecified atom stereocenters. The second-order valence-corrected chi connectivity index (χ2v) is 19.4. The Kier molecular flexibility index (Phi) is 11.4. The van der Waals surface area contributed by atoms with Crippen LogP contribution in [0.1, 0.15) is 0 Å². The van der Waals surface area contributed by atoms with Crippen LogP contribution in [-0.4, -0.2) is 48.6 Å². The Bertz CT molecular complexity index is 4820. The van der Waals surface area contributed by atoms with Crippen molar-refractivity contribution in [1.82, 2.24) is 48.6 Å². The first kappa shape index (κ1) is 45.5. The van der Waals surface area contributed by atoms with Gasteiger partial charge in [-0.3, -0.25) is 14.5 Å².